The fraction of sp³-hybridized carbons (Fsp3) is 0.929. The lowest BCUT2D eigenvalue weighted by atomic mass is 9.84. The number of fused-ring (bicyclic) bond motifs is 2. The molecule has 2 unspecified atom stereocenters. The molecule has 2 bridgehead atoms. The lowest BCUT2D eigenvalue weighted by molar-refractivity contribution is -0.127. The minimum atomic E-state index is 0.493. The maximum absolute atomic E-state index is 11.7. The summed E-state index contributed by atoms with van der Waals surface area (Å²) in [6.07, 6.45) is 5.38. The zero-order chi connectivity index (χ0) is 12.4. The Labute approximate surface area is 109 Å². The third kappa shape index (κ3) is 2.76. The van der Waals surface area contributed by atoms with Crippen molar-refractivity contribution >= 4 is 5.78 Å². The van der Waals surface area contributed by atoms with Gasteiger partial charge in [0.2, 0.25) is 0 Å². The second-order valence-electron chi connectivity index (χ2n) is 5.88. The van der Waals surface area contributed by atoms with Crippen LogP contribution in [-0.4, -0.2) is 67.1 Å². The Balaban J connectivity index is 1.53. The Bertz CT molecular complexity index is 286. The molecule has 0 aromatic heterocycles. The molecular formula is C14H24N2O2. The molecule has 0 radical (unpaired) electrons. The van der Waals surface area contributed by atoms with Crippen LogP contribution in [0.2, 0.25) is 0 Å². The van der Waals surface area contributed by atoms with E-state index >= 15 is 0 Å². The molecule has 0 N–H and O–H groups in total. The van der Waals surface area contributed by atoms with E-state index in [-0.39, 0.29) is 0 Å². The van der Waals surface area contributed by atoms with Crippen molar-refractivity contribution in [1.82, 2.24) is 9.80 Å². The molecule has 3 rings (SSSR count). The monoisotopic (exact) mass is 252 g/mol. The summed E-state index contributed by atoms with van der Waals surface area (Å²) in [5.41, 5.74) is 0. The van der Waals surface area contributed by atoms with Gasteiger partial charge in [0.05, 0.1) is 13.2 Å². The standard InChI is InChI=1S/C14H24N2O2/c17-14-10-12-2-1-3-13(11-14)16(12)5-4-15-6-8-18-9-7-15/h12-13H,1-11H2. The highest BCUT2D eigenvalue weighted by molar-refractivity contribution is 5.80. The summed E-state index contributed by atoms with van der Waals surface area (Å²) < 4.78 is 5.38. The Morgan fingerprint density at radius 1 is 1.06 bits per heavy atom. The molecule has 18 heavy (non-hydrogen) atoms. The quantitative estimate of drug-likeness (QED) is 0.747. The lowest BCUT2D eigenvalue weighted by Gasteiger charge is -2.46. The van der Waals surface area contributed by atoms with Gasteiger partial charge < -0.3 is 4.74 Å². The van der Waals surface area contributed by atoms with Crippen molar-refractivity contribution < 1.29 is 9.53 Å². The van der Waals surface area contributed by atoms with Crippen molar-refractivity contribution in [2.45, 2.75) is 44.2 Å². The molecule has 4 heteroatoms. The van der Waals surface area contributed by atoms with Gasteiger partial charge in [-0.2, -0.15) is 0 Å². The van der Waals surface area contributed by atoms with E-state index in [4.69, 9.17) is 4.74 Å². The fourth-order valence-corrected chi connectivity index (χ4v) is 3.71. The van der Waals surface area contributed by atoms with Crippen LogP contribution in [0.5, 0.6) is 0 Å². The number of hydrogen-bond donors (Lipinski definition) is 0. The summed E-state index contributed by atoms with van der Waals surface area (Å²) in [4.78, 5) is 16.8. The largest absolute Gasteiger partial charge is 0.379 e. The highest BCUT2D eigenvalue weighted by atomic mass is 16.5. The smallest absolute Gasteiger partial charge is 0.136 e. The summed E-state index contributed by atoms with van der Waals surface area (Å²) in [7, 11) is 0. The maximum Gasteiger partial charge on any atom is 0.136 e. The number of piperidine rings is 2. The molecule has 0 spiro atoms. The summed E-state index contributed by atoms with van der Waals surface area (Å²) in [5, 5.41) is 0. The van der Waals surface area contributed by atoms with E-state index < -0.39 is 0 Å². The van der Waals surface area contributed by atoms with Crippen molar-refractivity contribution in [3.05, 3.63) is 0 Å². The molecular weight excluding hydrogens is 228 g/mol. The molecule has 4 nitrogen and oxygen atoms in total. The predicted octanol–water partition coefficient (Wildman–Crippen LogP) is 0.905. The first kappa shape index (κ1) is 12.6. The molecule has 0 amide bonds. The van der Waals surface area contributed by atoms with Crippen LogP contribution in [0.15, 0.2) is 0 Å². The number of Topliss-reactive ketones (excluding diaryl/α,β-unsaturated/α-hetero) is 1. The number of carbonyl (C=O) groups is 1. The molecule has 0 aliphatic carbocycles. The second-order valence-corrected chi connectivity index (χ2v) is 5.88. The molecule has 3 aliphatic heterocycles. The van der Waals surface area contributed by atoms with E-state index in [1.165, 1.54) is 19.3 Å². The van der Waals surface area contributed by atoms with Gasteiger partial charge in [0.25, 0.3) is 0 Å². The third-order valence-electron chi connectivity index (χ3n) is 4.72. The topological polar surface area (TPSA) is 32.8 Å². The van der Waals surface area contributed by atoms with E-state index in [2.05, 4.69) is 9.80 Å². The lowest BCUT2D eigenvalue weighted by Crippen LogP contribution is -2.54. The number of rotatable bonds is 3. The predicted molar refractivity (Wildman–Crippen MR) is 69.6 cm³/mol. The van der Waals surface area contributed by atoms with Crippen LogP contribution in [0, 0.1) is 0 Å². The third-order valence-corrected chi connectivity index (χ3v) is 4.72. The van der Waals surface area contributed by atoms with Crippen molar-refractivity contribution in [2.75, 3.05) is 39.4 Å². The van der Waals surface area contributed by atoms with Gasteiger partial charge in [0.1, 0.15) is 5.78 Å². The van der Waals surface area contributed by atoms with Crippen molar-refractivity contribution in [3.8, 4) is 0 Å². The minimum absolute atomic E-state index is 0.493. The van der Waals surface area contributed by atoms with Crippen LogP contribution >= 0.6 is 0 Å². The SMILES string of the molecule is O=C1CC2CCCC(C1)N2CCN1CCOCC1. The average molecular weight is 252 g/mol. The molecule has 3 heterocycles. The molecule has 2 atom stereocenters. The zero-order valence-electron chi connectivity index (χ0n) is 11.1. The normalized spacial score (nSPS) is 34.8. The van der Waals surface area contributed by atoms with Crippen LogP contribution in [0.1, 0.15) is 32.1 Å². The zero-order valence-corrected chi connectivity index (χ0v) is 11.1. The van der Waals surface area contributed by atoms with Gasteiger partial charge in [-0.25, -0.2) is 0 Å². The number of carbonyl (C=O) groups excluding carboxylic acids is 1. The van der Waals surface area contributed by atoms with Crippen LogP contribution in [0.4, 0.5) is 0 Å². The van der Waals surface area contributed by atoms with Crippen LogP contribution in [0.25, 0.3) is 0 Å². The van der Waals surface area contributed by atoms with E-state index in [1.807, 2.05) is 0 Å². The Morgan fingerprint density at radius 3 is 2.39 bits per heavy atom. The Kier molecular flexibility index (Phi) is 3.97. The van der Waals surface area contributed by atoms with Crippen molar-refractivity contribution in [1.29, 1.82) is 0 Å². The first-order valence-electron chi connectivity index (χ1n) is 7.40. The number of hydrogen-bond acceptors (Lipinski definition) is 4. The molecule has 0 aromatic rings. The fourth-order valence-electron chi connectivity index (χ4n) is 3.71. The van der Waals surface area contributed by atoms with Gasteiger partial charge in [-0.05, 0) is 12.8 Å². The van der Waals surface area contributed by atoms with Crippen molar-refractivity contribution in [3.63, 3.8) is 0 Å². The highest BCUT2D eigenvalue weighted by Crippen LogP contribution is 2.31. The number of nitrogens with zero attached hydrogens (tertiary/aromatic N) is 2. The van der Waals surface area contributed by atoms with Crippen molar-refractivity contribution in [2.24, 2.45) is 0 Å². The van der Waals surface area contributed by atoms with Gasteiger partial charge >= 0.3 is 0 Å². The summed E-state index contributed by atoms with van der Waals surface area (Å²) in [6.45, 7) is 6.19. The van der Waals surface area contributed by atoms with E-state index in [1.54, 1.807) is 0 Å². The molecule has 3 saturated heterocycles. The number of morpholine rings is 1. The molecule has 3 fully saturated rings. The first-order valence-corrected chi connectivity index (χ1v) is 7.40. The van der Waals surface area contributed by atoms with Crippen LogP contribution in [0.3, 0.4) is 0 Å². The van der Waals surface area contributed by atoms with Gasteiger partial charge in [-0.1, -0.05) is 6.42 Å². The van der Waals surface area contributed by atoms with Gasteiger partial charge in [0.15, 0.2) is 0 Å². The minimum Gasteiger partial charge on any atom is -0.379 e. The Morgan fingerprint density at radius 2 is 1.72 bits per heavy atom. The molecule has 102 valence electrons. The number of ketones is 1. The number of ether oxygens (including phenoxy) is 1. The molecule has 0 aromatic carbocycles. The average Bonchev–Trinajstić information content (AvgIpc) is 2.37. The van der Waals surface area contributed by atoms with Crippen LogP contribution < -0.4 is 0 Å². The highest BCUT2D eigenvalue weighted by Gasteiger charge is 2.37. The van der Waals surface area contributed by atoms with Gasteiger partial charge in [-0.15, -0.1) is 0 Å². The summed E-state index contributed by atoms with van der Waals surface area (Å²) >= 11 is 0. The summed E-state index contributed by atoms with van der Waals surface area (Å²) in [6, 6.07) is 1.09. The first-order chi connectivity index (χ1) is 8.83. The van der Waals surface area contributed by atoms with E-state index in [0.29, 0.717) is 17.9 Å². The van der Waals surface area contributed by atoms with E-state index in [9.17, 15) is 4.79 Å². The Hall–Kier alpha value is -0.450. The van der Waals surface area contributed by atoms with Gasteiger partial charge in [0, 0.05) is 51.1 Å². The van der Waals surface area contributed by atoms with Gasteiger partial charge in [-0.3, -0.25) is 14.6 Å². The van der Waals surface area contributed by atoms with E-state index in [0.717, 1.165) is 52.2 Å². The molecule has 0 saturated carbocycles. The molecule has 3 aliphatic rings. The summed E-state index contributed by atoms with van der Waals surface area (Å²) in [5.74, 6) is 0.493. The van der Waals surface area contributed by atoms with Crippen LogP contribution in [-0.2, 0) is 9.53 Å². The maximum atomic E-state index is 11.7. The second kappa shape index (κ2) is 5.68.